The first kappa shape index (κ1) is 21.2. The van der Waals surface area contributed by atoms with Crippen molar-refractivity contribution in [1.29, 1.82) is 0 Å². The Balaban J connectivity index is 1.64. The highest BCUT2D eigenvalue weighted by Crippen LogP contribution is 2.36. The molecular formula is C25H32N6. The van der Waals surface area contributed by atoms with Crippen LogP contribution in [-0.4, -0.2) is 31.3 Å². The van der Waals surface area contributed by atoms with Crippen molar-refractivity contribution < 1.29 is 0 Å². The van der Waals surface area contributed by atoms with Gasteiger partial charge in [0.15, 0.2) is 5.65 Å². The van der Waals surface area contributed by atoms with Gasteiger partial charge in [-0.05, 0) is 41.0 Å². The number of fused-ring (bicyclic) bond motifs is 1. The molecule has 1 aromatic carbocycles. The highest BCUT2D eigenvalue weighted by molar-refractivity contribution is 5.75. The Morgan fingerprint density at radius 1 is 1.10 bits per heavy atom. The topological polar surface area (TPSA) is 70.9 Å². The van der Waals surface area contributed by atoms with E-state index < -0.39 is 0 Å². The molecular weight excluding hydrogens is 384 g/mol. The van der Waals surface area contributed by atoms with Gasteiger partial charge < -0.3 is 5.32 Å². The fourth-order valence-electron chi connectivity index (χ4n) is 3.95. The van der Waals surface area contributed by atoms with E-state index in [1.165, 1.54) is 11.1 Å². The van der Waals surface area contributed by atoms with Gasteiger partial charge in [0.05, 0.1) is 11.4 Å². The molecule has 31 heavy (non-hydrogen) atoms. The van der Waals surface area contributed by atoms with E-state index in [4.69, 9.17) is 5.10 Å². The Bertz CT molecular complexity index is 1180. The summed E-state index contributed by atoms with van der Waals surface area (Å²) >= 11 is 0. The first-order chi connectivity index (χ1) is 14.7. The minimum absolute atomic E-state index is 0.284. The molecule has 2 N–H and O–H groups in total. The van der Waals surface area contributed by atoms with E-state index >= 15 is 0 Å². The lowest BCUT2D eigenvalue weighted by atomic mass is 9.93. The maximum Gasteiger partial charge on any atom is 0.158 e. The molecule has 0 atom stereocenters. The lowest BCUT2D eigenvalue weighted by molar-refractivity contribution is 0.379. The predicted octanol–water partition coefficient (Wildman–Crippen LogP) is 5.35. The number of H-pyrrole nitrogens is 1. The van der Waals surface area contributed by atoms with Crippen LogP contribution in [0.25, 0.3) is 28.2 Å². The van der Waals surface area contributed by atoms with Gasteiger partial charge in [0, 0.05) is 30.4 Å². The average Bonchev–Trinajstić information content (AvgIpc) is 3.35. The molecule has 162 valence electrons. The van der Waals surface area contributed by atoms with Gasteiger partial charge in [-0.2, -0.15) is 10.2 Å². The zero-order valence-corrected chi connectivity index (χ0v) is 19.3. The lowest BCUT2D eigenvalue weighted by Crippen LogP contribution is -2.26. The number of benzene rings is 1. The molecule has 0 radical (unpaired) electrons. The molecule has 0 saturated carbocycles. The van der Waals surface area contributed by atoms with Gasteiger partial charge in [-0.3, -0.25) is 5.10 Å². The molecule has 6 nitrogen and oxygen atoms in total. The van der Waals surface area contributed by atoms with Crippen molar-refractivity contribution in [1.82, 2.24) is 30.1 Å². The number of hydrogen-bond donors (Lipinski definition) is 2. The number of aryl methyl sites for hydroxylation is 1. The van der Waals surface area contributed by atoms with Gasteiger partial charge in [0.25, 0.3) is 0 Å². The van der Waals surface area contributed by atoms with Crippen molar-refractivity contribution in [3.8, 4) is 22.5 Å². The zero-order valence-electron chi connectivity index (χ0n) is 19.3. The molecule has 0 amide bonds. The van der Waals surface area contributed by atoms with Crippen LogP contribution in [0.2, 0.25) is 0 Å². The van der Waals surface area contributed by atoms with Crippen LogP contribution in [0.1, 0.15) is 57.2 Å². The molecule has 0 spiro atoms. The first-order valence-electron chi connectivity index (χ1n) is 10.9. The SMILES string of the molecule is Cc1cc(-c2n[nH]c(-c3ccc(CNCC(C)(C)C)cc3)c2C(C)C)cn2ncnc12. The Morgan fingerprint density at radius 2 is 1.84 bits per heavy atom. The molecule has 3 heterocycles. The van der Waals surface area contributed by atoms with Gasteiger partial charge in [-0.25, -0.2) is 9.50 Å². The number of hydrogen-bond acceptors (Lipinski definition) is 4. The maximum atomic E-state index is 4.72. The van der Waals surface area contributed by atoms with E-state index in [2.05, 4.69) is 92.4 Å². The third-order valence-electron chi connectivity index (χ3n) is 5.44. The van der Waals surface area contributed by atoms with Gasteiger partial charge in [-0.15, -0.1) is 0 Å². The summed E-state index contributed by atoms with van der Waals surface area (Å²) in [5.41, 5.74) is 9.00. The largest absolute Gasteiger partial charge is 0.312 e. The van der Waals surface area contributed by atoms with Crippen LogP contribution < -0.4 is 5.32 Å². The summed E-state index contributed by atoms with van der Waals surface area (Å²) in [5, 5.41) is 15.9. The number of nitrogens with one attached hydrogen (secondary N) is 2. The summed E-state index contributed by atoms with van der Waals surface area (Å²) in [6.07, 6.45) is 3.59. The van der Waals surface area contributed by atoms with Gasteiger partial charge in [0.2, 0.25) is 0 Å². The third-order valence-corrected chi connectivity index (χ3v) is 5.44. The van der Waals surface area contributed by atoms with Crippen LogP contribution in [0.5, 0.6) is 0 Å². The van der Waals surface area contributed by atoms with Crippen molar-refractivity contribution in [2.75, 3.05) is 6.54 Å². The second-order valence-corrected chi connectivity index (χ2v) is 9.82. The van der Waals surface area contributed by atoms with E-state index in [1.807, 2.05) is 10.7 Å². The Morgan fingerprint density at radius 3 is 2.52 bits per heavy atom. The van der Waals surface area contributed by atoms with Crippen LogP contribution in [-0.2, 0) is 6.54 Å². The smallest absolute Gasteiger partial charge is 0.158 e. The third kappa shape index (κ3) is 4.54. The van der Waals surface area contributed by atoms with Crippen molar-refractivity contribution in [2.45, 2.75) is 54.0 Å². The number of rotatable bonds is 6. The quantitative estimate of drug-likeness (QED) is 0.444. The van der Waals surface area contributed by atoms with Crippen LogP contribution in [0.4, 0.5) is 0 Å². The molecule has 4 rings (SSSR count). The van der Waals surface area contributed by atoms with Crippen LogP contribution in [0.3, 0.4) is 0 Å². The zero-order chi connectivity index (χ0) is 22.2. The fraction of sp³-hybridized carbons (Fsp3) is 0.400. The molecule has 0 bridgehead atoms. The summed E-state index contributed by atoms with van der Waals surface area (Å²) in [5.74, 6) is 0.323. The van der Waals surface area contributed by atoms with E-state index in [9.17, 15) is 0 Å². The van der Waals surface area contributed by atoms with Gasteiger partial charge in [-0.1, -0.05) is 58.9 Å². The summed E-state index contributed by atoms with van der Waals surface area (Å²) in [7, 11) is 0. The van der Waals surface area contributed by atoms with Gasteiger partial charge >= 0.3 is 0 Å². The number of aromatic nitrogens is 5. The summed E-state index contributed by atoms with van der Waals surface area (Å²) in [4.78, 5) is 4.32. The standard InChI is InChI=1S/C25H32N6/c1-16(2)21-22(19-9-7-18(8-10-19)12-26-14-25(4,5)6)29-30-23(21)20-11-17(3)24-27-15-28-31(24)13-20/h7-11,13,15-16,26H,12,14H2,1-6H3,(H,29,30). The molecule has 0 aliphatic carbocycles. The Kier molecular flexibility index (Phi) is 5.67. The minimum atomic E-state index is 0.284. The number of aromatic amines is 1. The highest BCUT2D eigenvalue weighted by atomic mass is 15.3. The lowest BCUT2D eigenvalue weighted by Gasteiger charge is -2.18. The van der Waals surface area contributed by atoms with Crippen molar-refractivity contribution in [3.05, 3.63) is 59.5 Å². The second-order valence-electron chi connectivity index (χ2n) is 9.82. The second kappa shape index (κ2) is 8.27. The molecule has 0 fully saturated rings. The molecule has 4 aromatic rings. The molecule has 3 aromatic heterocycles. The normalized spacial score (nSPS) is 12.2. The first-order valence-corrected chi connectivity index (χ1v) is 10.9. The predicted molar refractivity (Wildman–Crippen MR) is 126 cm³/mol. The molecule has 6 heteroatoms. The van der Waals surface area contributed by atoms with Crippen LogP contribution in [0.15, 0.2) is 42.9 Å². The van der Waals surface area contributed by atoms with Gasteiger partial charge in [0.1, 0.15) is 6.33 Å². The molecule has 0 aliphatic rings. The van der Waals surface area contributed by atoms with E-state index in [-0.39, 0.29) is 5.41 Å². The number of pyridine rings is 1. The molecule has 0 aliphatic heterocycles. The maximum absolute atomic E-state index is 4.72. The Labute approximate surface area is 184 Å². The van der Waals surface area contributed by atoms with Crippen LogP contribution >= 0.6 is 0 Å². The van der Waals surface area contributed by atoms with Crippen molar-refractivity contribution in [2.24, 2.45) is 5.41 Å². The summed E-state index contributed by atoms with van der Waals surface area (Å²) < 4.78 is 1.82. The van der Waals surface area contributed by atoms with E-state index in [1.54, 1.807) is 6.33 Å². The highest BCUT2D eigenvalue weighted by Gasteiger charge is 2.20. The monoisotopic (exact) mass is 416 g/mol. The Hall–Kier alpha value is -2.99. The fourth-order valence-corrected chi connectivity index (χ4v) is 3.95. The van der Waals surface area contributed by atoms with Crippen molar-refractivity contribution in [3.63, 3.8) is 0 Å². The summed E-state index contributed by atoms with van der Waals surface area (Å²) in [6, 6.07) is 10.9. The number of nitrogens with zero attached hydrogens (tertiary/aromatic N) is 4. The van der Waals surface area contributed by atoms with E-state index in [0.717, 1.165) is 46.8 Å². The minimum Gasteiger partial charge on any atom is -0.312 e. The molecule has 0 unspecified atom stereocenters. The van der Waals surface area contributed by atoms with Crippen molar-refractivity contribution >= 4 is 5.65 Å². The summed E-state index contributed by atoms with van der Waals surface area (Å²) in [6.45, 7) is 15.1. The van der Waals surface area contributed by atoms with E-state index in [0.29, 0.717) is 5.92 Å². The van der Waals surface area contributed by atoms with Crippen LogP contribution in [0, 0.1) is 12.3 Å². The average molecular weight is 417 g/mol. The molecule has 0 saturated heterocycles.